The lowest BCUT2D eigenvalue weighted by Gasteiger charge is -2.22. The van der Waals surface area contributed by atoms with E-state index in [2.05, 4.69) is 16.2 Å². The zero-order valence-electron chi connectivity index (χ0n) is 18.1. The minimum Gasteiger partial charge on any atom is -0.475 e. The molecule has 3 aromatic carbocycles. The quantitative estimate of drug-likeness (QED) is 0.306. The summed E-state index contributed by atoms with van der Waals surface area (Å²) in [6.07, 6.45) is 1.85. The molecule has 0 radical (unpaired) electrons. The Kier molecular flexibility index (Phi) is 5.70. The van der Waals surface area contributed by atoms with Gasteiger partial charge in [0.2, 0.25) is 5.75 Å². The highest BCUT2D eigenvalue weighted by Gasteiger charge is 2.33. The summed E-state index contributed by atoms with van der Waals surface area (Å²) < 4.78 is 5.49. The van der Waals surface area contributed by atoms with Crippen LogP contribution in [0, 0.1) is 10.1 Å². The van der Waals surface area contributed by atoms with Crippen LogP contribution in [-0.2, 0) is 4.79 Å². The second-order valence-electron chi connectivity index (χ2n) is 7.85. The molecule has 0 bridgehead atoms. The molecule has 168 valence electrons. The molecule has 1 atom stereocenters. The Morgan fingerprint density at radius 3 is 2.56 bits per heavy atom. The van der Waals surface area contributed by atoms with Gasteiger partial charge in [-0.25, -0.2) is 5.01 Å². The van der Waals surface area contributed by atoms with Crippen LogP contribution in [0.2, 0.25) is 0 Å². The van der Waals surface area contributed by atoms with Gasteiger partial charge in [-0.15, -0.1) is 0 Å². The molecule has 1 amide bonds. The van der Waals surface area contributed by atoms with Crippen molar-refractivity contribution in [3.05, 3.63) is 112 Å². The summed E-state index contributed by atoms with van der Waals surface area (Å²) in [6, 6.07) is 26.5. The van der Waals surface area contributed by atoms with Crippen LogP contribution in [0.25, 0.3) is 10.8 Å². The molecule has 1 aliphatic heterocycles. The average Bonchev–Trinajstić information content (AvgIpc) is 3.33. The number of hydrogen-bond donors (Lipinski definition) is 0. The summed E-state index contributed by atoms with van der Waals surface area (Å²) in [6.45, 7) is -0.398. The summed E-state index contributed by atoms with van der Waals surface area (Å²) in [4.78, 5) is 27.5. The Morgan fingerprint density at radius 2 is 1.76 bits per heavy atom. The van der Waals surface area contributed by atoms with E-state index in [4.69, 9.17) is 4.74 Å². The van der Waals surface area contributed by atoms with E-state index in [-0.39, 0.29) is 11.8 Å². The van der Waals surface area contributed by atoms with Gasteiger partial charge in [-0.05, 0) is 50.0 Å². The van der Waals surface area contributed by atoms with E-state index < -0.39 is 23.3 Å². The second kappa shape index (κ2) is 9.11. The highest BCUT2D eigenvalue weighted by Crippen LogP contribution is 2.33. The number of fused-ring (bicyclic) bond motifs is 1. The molecule has 0 aliphatic carbocycles. The molecule has 0 fully saturated rings. The predicted octanol–water partition coefficient (Wildman–Crippen LogP) is 4.90. The molecule has 1 aromatic heterocycles. The van der Waals surface area contributed by atoms with Crippen molar-refractivity contribution >= 4 is 28.2 Å². The van der Waals surface area contributed by atoms with Crippen LogP contribution < -0.4 is 4.74 Å². The van der Waals surface area contributed by atoms with Gasteiger partial charge in [-0.3, -0.25) is 4.79 Å². The summed E-state index contributed by atoms with van der Waals surface area (Å²) in [5.41, 5.74) is 2.68. The molecule has 2 heterocycles. The van der Waals surface area contributed by atoms with Gasteiger partial charge in [0.25, 0.3) is 5.91 Å². The molecule has 0 spiro atoms. The minimum atomic E-state index is -0.640. The lowest BCUT2D eigenvalue weighted by atomic mass is 9.97. The summed E-state index contributed by atoms with van der Waals surface area (Å²) in [5, 5.41) is 19.5. The molecule has 1 aliphatic rings. The molecule has 0 saturated heterocycles. The number of carbonyl (C=O) groups excluding carboxylic acids is 1. The largest absolute Gasteiger partial charge is 0.475 e. The van der Waals surface area contributed by atoms with Gasteiger partial charge in [0.05, 0.1) is 11.8 Å². The highest BCUT2D eigenvalue weighted by molar-refractivity contribution is 6.05. The standard InChI is InChI=1S/C26H20N4O4/c31-25(17-34-24-11-6-14-27-26(24)30(32)33)29-23(19-8-2-1-3-9-19)16-22(28-29)21-13-12-18-7-4-5-10-20(18)15-21/h1-15,23H,16-17H2/t23-/m0/s1. The van der Waals surface area contributed by atoms with Crippen LogP contribution in [0.15, 0.2) is 96.2 Å². The van der Waals surface area contributed by atoms with Gasteiger partial charge < -0.3 is 14.9 Å². The summed E-state index contributed by atoms with van der Waals surface area (Å²) in [5.74, 6) is -0.894. The monoisotopic (exact) mass is 452 g/mol. The Bertz CT molecular complexity index is 1400. The molecule has 4 aromatic rings. The molecule has 8 heteroatoms. The van der Waals surface area contributed by atoms with E-state index in [1.165, 1.54) is 23.3 Å². The van der Waals surface area contributed by atoms with Crippen molar-refractivity contribution in [2.75, 3.05) is 6.61 Å². The first-order chi connectivity index (χ1) is 16.6. The smallest absolute Gasteiger partial charge is 0.406 e. The molecular weight excluding hydrogens is 432 g/mol. The number of carbonyl (C=O) groups is 1. The number of ether oxygens (including phenoxy) is 1. The molecule has 0 unspecified atom stereocenters. The van der Waals surface area contributed by atoms with Gasteiger partial charge in [0.1, 0.15) is 6.20 Å². The van der Waals surface area contributed by atoms with Crippen molar-refractivity contribution in [1.29, 1.82) is 0 Å². The van der Waals surface area contributed by atoms with E-state index in [1.54, 1.807) is 0 Å². The van der Waals surface area contributed by atoms with Crippen LogP contribution in [0.3, 0.4) is 0 Å². The van der Waals surface area contributed by atoms with Crippen LogP contribution in [0.5, 0.6) is 5.75 Å². The first-order valence-corrected chi connectivity index (χ1v) is 10.8. The maximum atomic E-state index is 13.2. The molecule has 34 heavy (non-hydrogen) atoms. The summed E-state index contributed by atoms with van der Waals surface area (Å²) >= 11 is 0. The fourth-order valence-corrected chi connectivity index (χ4v) is 4.06. The number of nitrogens with zero attached hydrogens (tertiary/aromatic N) is 4. The third-order valence-corrected chi connectivity index (χ3v) is 5.71. The van der Waals surface area contributed by atoms with E-state index in [1.807, 2.05) is 66.7 Å². The number of pyridine rings is 1. The third kappa shape index (κ3) is 4.21. The van der Waals surface area contributed by atoms with Crippen molar-refractivity contribution < 1.29 is 14.5 Å². The van der Waals surface area contributed by atoms with Crippen molar-refractivity contribution in [1.82, 2.24) is 9.99 Å². The van der Waals surface area contributed by atoms with Crippen molar-refractivity contribution in [2.24, 2.45) is 5.10 Å². The minimum absolute atomic E-state index is 0.0601. The second-order valence-corrected chi connectivity index (χ2v) is 7.85. The number of rotatable bonds is 6. The van der Waals surface area contributed by atoms with E-state index in [0.717, 1.165) is 27.6 Å². The number of nitro groups is 1. The van der Waals surface area contributed by atoms with Crippen LogP contribution in [0.1, 0.15) is 23.6 Å². The average molecular weight is 452 g/mol. The fraction of sp³-hybridized carbons (Fsp3) is 0.115. The Labute approximate surface area is 195 Å². The van der Waals surface area contributed by atoms with Crippen LogP contribution >= 0.6 is 0 Å². The SMILES string of the molecule is O=C(COc1cccnc1[N+](=O)[O-])N1N=C(c2ccc3ccccc3c2)C[C@H]1c1ccccc1. The first-order valence-electron chi connectivity index (χ1n) is 10.8. The molecule has 0 saturated carbocycles. The Hall–Kier alpha value is -4.59. The normalized spacial score (nSPS) is 15.2. The number of amides is 1. The van der Waals surface area contributed by atoms with Crippen molar-refractivity contribution in [3.63, 3.8) is 0 Å². The predicted molar refractivity (Wildman–Crippen MR) is 128 cm³/mol. The highest BCUT2D eigenvalue weighted by atomic mass is 16.6. The van der Waals surface area contributed by atoms with Gasteiger partial charge in [0, 0.05) is 6.42 Å². The van der Waals surface area contributed by atoms with E-state index in [9.17, 15) is 14.9 Å². The first kappa shape index (κ1) is 21.3. The van der Waals surface area contributed by atoms with E-state index >= 15 is 0 Å². The van der Waals surface area contributed by atoms with Gasteiger partial charge in [-0.2, -0.15) is 5.10 Å². The zero-order chi connectivity index (χ0) is 23.5. The number of hydrazone groups is 1. The Morgan fingerprint density at radius 1 is 1.00 bits per heavy atom. The van der Waals surface area contributed by atoms with Gasteiger partial charge in [0.15, 0.2) is 6.61 Å². The van der Waals surface area contributed by atoms with Crippen molar-refractivity contribution in [2.45, 2.75) is 12.5 Å². The fourth-order valence-electron chi connectivity index (χ4n) is 4.06. The Balaban J connectivity index is 1.43. The van der Waals surface area contributed by atoms with Crippen LogP contribution in [-0.4, -0.2) is 33.1 Å². The molecular formula is C26H20N4O4. The summed E-state index contributed by atoms with van der Waals surface area (Å²) in [7, 11) is 0. The number of hydrogen-bond acceptors (Lipinski definition) is 6. The van der Waals surface area contributed by atoms with E-state index in [0.29, 0.717) is 6.42 Å². The topological polar surface area (TPSA) is 97.9 Å². The van der Waals surface area contributed by atoms with Crippen LogP contribution in [0.4, 0.5) is 5.82 Å². The maximum Gasteiger partial charge on any atom is 0.406 e. The maximum absolute atomic E-state index is 13.2. The molecule has 8 nitrogen and oxygen atoms in total. The molecule has 0 N–H and O–H groups in total. The molecule has 5 rings (SSSR count). The number of benzene rings is 3. The number of aromatic nitrogens is 1. The zero-order valence-corrected chi connectivity index (χ0v) is 18.1. The van der Waals surface area contributed by atoms with Crippen molar-refractivity contribution in [3.8, 4) is 5.75 Å². The lowest BCUT2D eigenvalue weighted by molar-refractivity contribution is -0.390. The lowest BCUT2D eigenvalue weighted by Crippen LogP contribution is -2.31. The van der Waals surface area contributed by atoms with Gasteiger partial charge in [-0.1, -0.05) is 66.7 Å². The van der Waals surface area contributed by atoms with Gasteiger partial charge >= 0.3 is 5.82 Å². The third-order valence-electron chi connectivity index (χ3n) is 5.71.